The van der Waals surface area contributed by atoms with Crippen LogP contribution in [0.1, 0.15) is 52.0 Å². The molecule has 1 aliphatic carbocycles. The molecule has 4 heterocycles. The topological polar surface area (TPSA) is 35.6 Å². The lowest BCUT2D eigenvalue weighted by molar-refractivity contribution is 0.334. The summed E-state index contributed by atoms with van der Waals surface area (Å²) < 4.78 is 7.09. The third kappa shape index (κ3) is 5.85. The molecule has 0 bridgehead atoms. The number of nitrogens with zero attached hydrogens (tertiary/aromatic N) is 4. The maximum atomic E-state index is 5.65. The second kappa shape index (κ2) is 14.0. The SMILES string of the molecule is CC1CC[C@@H](C)CC(C)(c2cccc(-c3nc(-n4c5ccccc5c5ccc(-n6c7ccccc7c7cc(-c8ccccc8)ccc76)cc54)nc4c3sc3ccccc34)c2)C1. The molecule has 4 nitrogen and oxygen atoms in total. The van der Waals surface area contributed by atoms with Crippen LogP contribution in [0.4, 0.5) is 0 Å². The fourth-order valence-corrected chi connectivity index (χ4v) is 12.1. The molecule has 1 saturated carbocycles. The van der Waals surface area contributed by atoms with Gasteiger partial charge in [-0.25, -0.2) is 9.97 Å². The second-order valence-electron chi connectivity index (χ2n) is 18.0. The van der Waals surface area contributed by atoms with Gasteiger partial charge in [-0.3, -0.25) is 4.57 Å². The van der Waals surface area contributed by atoms with Crippen molar-refractivity contribution < 1.29 is 0 Å². The Morgan fingerprint density at radius 2 is 1.15 bits per heavy atom. The molecule has 0 amide bonds. The highest BCUT2D eigenvalue weighted by molar-refractivity contribution is 7.26. The van der Waals surface area contributed by atoms with E-state index in [1.54, 1.807) is 11.3 Å². The van der Waals surface area contributed by atoms with Crippen LogP contribution in [0.15, 0.2) is 164 Å². The Morgan fingerprint density at radius 3 is 1.93 bits per heavy atom. The molecular formula is C56H46N4S. The number of para-hydroxylation sites is 2. The van der Waals surface area contributed by atoms with Crippen molar-refractivity contribution in [3.05, 3.63) is 169 Å². The number of hydrogen-bond acceptors (Lipinski definition) is 3. The summed E-state index contributed by atoms with van der Waals surface area (Å²) in [5.41, 5.74) is 12.8. The van der Waals surface area contributed by atoms with Crippen molar-refractivity contribution in [3.8, 4) is 34.0 Å². The molecule has 1 aliphatic rings. The van der Waals surface area contributed by atoms with Gasteiger partial charge in [-0.1, -0.05) is 149 Å². The first-order chi connectivity index (χ1) is 29.9. The summed E-state index contributed by atoms with van der Waals surface area (Å²) in [6.45, 7) is 7.38. The third-order valence-electron chi connectivity index (χ3n) is 13.7. The van der Waals surface area contributed by atoms with Crippen molar-refractivity contribution in [2.75, 3.05) is 0 Å². The first-order valence-corrected chi connectivity index (χ1v) is 22.6. The van der Waals surface area contributed by atoms with E-state index >= 15 is 0 Å². The van der Waals surface area contributed by atoms with Crippen LogP contribution in [0.25, 0.3) is 97.9 Å². The van der Waals surface area contributed by atoms with Crippen LogP contribution in [0.2, 0.25) is 0 Å². The van der Waals surface area contributed by atoms with E-state index < -0.39 is 0 Å². The number of fused-ring (bicyclic) bond motifs is 9. The van der Waals surface area contributed by atoms with Crippen LogP contribution in [-0.4, -0.2) is 19.1 Å². The highest BCUT2D eigenvalue weighted by Gasteiger charge is 2.34. The van der Waals surface area contributed by atoms with E-state index in [0.29, 0.717) is 17.8 Å². The molecule has 0 aliphatic heterocycles. The normalized spacial score (nSPS) is 18.5. The number of rotatable bonds is 5. The molecule has 4 aromatic heterocycles. The lowest BCUT2D eigenvalue weighted by atomic mass is 9.72. The zero-order valence-electron chi connectivity index (χ0n) is 34.8. The smallest absolute Gasteiger partial charge is 0.235 e. The predicted molar refractivity (Wildman–Crippen MR) is 259 cm³/mol. The standard InChI is InChI=1S/C56H46N4S/c1-35-24-25-36(2)34-56(3,33-35)40-17-13-16-39(30-40)52-54-53(45-20-9-12-23-51(45)61-54)58-55(57-52)60-48-22-11-7-18-42(48)44-28-27-41(32-50(44)60)59-47-21-10-8-19-43(47)46-31-38(26-29-49(46)59)37-14-5-4-6-15-37/h4-23,26-32,35-36H,24-25,33-34H2,1-3H3/t35-,36?,56?/m1/s1. The van der Waals surface area contributed by atoms with Crippen molar-refractivity contribution in [3.63, 3.8) is 0 Å². The summed E-state index contributed by atoms with van der Waals surface area (Å²) in [6.07, 6.45) is 5.02. The third-order valence-corrected chi connectivity index (χ3v) is 14.9. The summed E-state index contributed by atoms with van der Waals surface area (Å²) in [6, 6.07) is 60.0. The van der Waals surface area contributed by atoms with Gasteiger partial charge in [-0.05, 0) is 95.3 Å². The van der Waals surface area contributed by atoms with Crippen LogP contribution in [0.5, 0.6) is 0 Å². The molecule has 3 atom stereocenters. The molecule has 7 aromatic carbocycles. The molecule has 0 radical (unpaired) electrons. The summed E-state index contributed by atoms with van der Waals surface area (Å²) in [5, 5.41) is 6.01. The van der Waals surface area contributed by atoms with E-state index in [0.717, 1.165) is 38.2 Å². The van der Waals surface area contributed by atoms with Gasteiger partial charge in [0.1, 0.15) is 0 Å². The minimum absolute atomic E-state index is 0.111. The van der Waals surface area contributed by atoms with E-state index in [1.807, 2.05) is 0 Å². The molecule has 11 aromatic rings. The van der Waals surface area contributed by atoms with E-state index in [9.17, 15) is 0 Å². The largest absolute Gasteiger partial charge is 0.309 e. The van der Waals surface area contributed by atoms with Crippen molar-refractivity contribution in [2.45, 2.75) is 51.9 Å². The molecule has 12 rings (SSSR count). The van der Waals surface area contributed by atoms with Gasteiger partial charge in [0.2, 0.25) is 5.95 Å². The second-order valence-corrected chi connectivity index (χ2v) is 19.0. The summed E-state index contributed by atoms with van der Waals surface area (Å²) in [4.78, 5) is 11.2. The van der Waals surface area contributed by atoms with Gasteiger partial charge in [0.15, 0.2) is 0 Å². The lowest BCUT2D eigenvalue weighted by Crippen LogP contribution is -2.25. The first kappa shape index (κ1) is 36.3. The van der Waals surface area contributed by atoms with Crippen molar-refractivity contribution in [1.29, 1.82) is 0 Å². The summed E-state index contributed by atoms with van der Waals surface area (Å²) in [5.74, 6) is 2.10. The molecule has 0 saturated heterocycles. The highest BCUT2D eigenvalue weighted by Crippen LogP contribution is 2.45. The highest BCUT2D eigenvalue weighted by atomic mass is 32.1. The van der Waals surface area contributed by atoms with Crippen LogP contribution < -0.4 is 0 Å². The quantitative estimate of drug-likeness (QED) is 0.162. The van der Waals surface area contributed by atoms with Crippen LogP contribution in [0.3, 0.4) is 0 Å². The van der Waals surface area contributed by atoms with Crippen molar-refractivity contribution in [2.24, 2.45) is 11.8 Å². The van der Waals surface area contributed by atoms with Gasteiger partial charge in [0, 0.05) is 42.9 Å². The zero-order chi connectivity index (χ0) is 40.8. The van der Waals surface area contributed by atoms with E-state index in [4.69, 9.17) is 9.97 Å². The van der Waals surface area contributed by atoms with Gasteiger partial charge in [-0.2, -0.15) is 0 Å². The van der Waals surface area contributed by atoms with E-state index in [1.165, 1.54) is 85.0 Å². The van der Waals surface area contributed by atoms with Gasteiger partial charge < -0.3 is 4.57 Å². The Balaban J connectivity index is 1.09. The molecule has 1 fully saturated rings. The van der Waals surface area contributed by atoms with Gasteiger partial charge >= 0.3 is 0 Å². The fourth-order valence-electron chi connectivity index (χ4n) is 10.9. The number of benzene rings is 7. The van der Waals surface area contributed by atoms with Gasteiger partial charge in [0.25, 0.3) is 0 Å². The minimum atomic E-state index is 0.111. The predicted octanol–water partition coefficient (Wildman–Crippen LogP) is 15.5. The molecule has 296 valence electrons. The molecule has 0 N–H and O–H groups in total. The Kier molecular flexibility index (Phi) is 8.33. The van der Waals surface area contributed by atoms with Crippen LogP contribution in [-0.2, 0) is 5.41 Å². The Bertz CT molecular complexity index is 3480. The number of aromatic nitrogens is 4. The molecular weight excluding hydrogens is 761 g/mol. The molecule has 5 heteroatoms. The molecule has 61 heavy (non-hydrogen) atoms. The maximum Gasteiger partial charge on any atom is 0.235 e. The Hall–Kier alpha value is -6.56. The first-order valence-electron chi connectivity index (χ1n) is 21.8. The lowest BCUT2D eigenvalue weighted by Gasteiger charge is -2.32. The maximum absolute atomic E-state index is 5.65. The Labute approximate surface area is 359 Å². The zero-order valence-corrected chi connectivity index (χ0v) is 35.6. The van der Waals surface area contributed by atoms with Gasteiger partial charge in [-0.15, -0.1) is 11.3 Å². The van der Waals surface area contributed by atoms with E-state index in [2.05, 4.69) is 194 Å². The number of thiophene rings is 1. The summed E-state index contributed by atoms with van der Waals surface area (Å²) >= 11 is 1.81. The molecule has 0 spiro atoms. The minimum Gasteiger partial charge on any atom is -0.309 e. The fraction of sp³-hybridized carbons (Fsp3) is 0.179. The molecule has 2 unspecified atom stereocenters. The number of hydrogen-bond donors (Lipinski definition) is 0. The van der Waals surface area contributed by atoms with Gasteiger partial charge in [0.05, 0.1) is 38.0 Å². The average Bonchev–Trinajstić information content (AvgIpc) is 3.92. The van der Waals surface area contributed by atoms with Crippen molar-refractivity contribution in [1.82, 2.24) is 19.1 Å². The van der Waals surface area contributed by atoms with Crippen LogP contribution in [0, 0.1) is 11.8 Å². The summed E-state index contributed by atoms with van der Waals surface area (Å²) in [7, 11) is 0. The monoisotopic (exact) mass is 806 g/mol. The van der Waals surface area contributed by atoms with Crippen molar-refractivity contribution >= 4 is 75.3 Å². The Morgan fingerprint density at radius 1 is 0.508 bits per heavy atom. The average molecular weight is 807 g/mol. The van der Waals surface area contributed by atoms with E-state index in [-0.39, 0.29) is 5.41 Å². The van der Waals surface area contributed by atoms with Crippen LogP contribution >= 0.6 is 11.3 Å².